The van der Waals surface area contributed by atoms with Crippen molar-refractivity contribution in [2.75, 3.05) is 13.1 Å². The Labute approximate surface area is 108 Å². The Morgan fingerprint density at radius 3 is 2.72 bits per heavy atom. The van der Waals surface area contributed by atoms with E-state index in [1.807, 2.05) is 16.8 Å². The minimum absolute atomic E-state index is 0.339. The van der Waals surface area contributed by atoms with E-state index in [1.54, 1.807) is 6.07 Å². The van der Waals surface area contributed by atoms with Crippen molar-refractivity contribution in [3.05, 3.63) is 24.0 Å². The first-order valence-electron chi connectivity index (χ1n) is 6.77. The van der Waals surface area contributed by atoms with E-state index in [4.69, 9.17) is 5.11 Å². The molecule has 1 aliphatic rings. The fraction of sp³-hybridized carbons (Fsp3) is 0.643. The molecule has 1 aliphatic heterocycles. The van der Waals surface area contributed by atoms with Gasteiger partial charge >= 0.3 is 5.97 Å². The molecule has 2 heterocycles. The van der Waals surface area contributed by atoms with Gasteiger partial charge in [0.25, 0.3) is 0 Å². The normalized spacial score (nSPS) is 19.9. The number of aromatic carboxylic acids is 1. The van der Waals surface area contributed by atoms with Crippen LogP contribution in [0.2, 0.25) is 0 Å². The molecule has 1 N–H and O–H groups in total. The Bertz CT molecular complexity index is 406. The van der Waals surface area contributed by atoms with Gasteiger partial charge in [0.15, 0.2) is 0 Å². The summed E-state index contributed by atoms with van der Waals surface area (Å²) in [4.78, 5) is 13.6. The predicted octanol–water partition coefficient (Wildman–Crippen LogP) is 2.62. The summed E-state index contributed by atoms with van der Waals surface area (Å²) < 4.78 is 1.93. The Morgan fingerprint density at radius 1 is 1.50 bits per heavy atom. The van der Waals surface area contributed by atoms with Crippen molar-refractivity contribution >= 4 is 5.97 Å². The second kappa shape index (κ2) is 5.57. The molecular weight excluding hydrogens is 228 g/mol. The van der Waals surface area contributed by atoms with Gasteiger partial charge < -0.3 is 14.6 Å². The van der Waals surface area contributed by atoms with E-state index >= 15 is 0 Å². The molecule has 1 aromatic rings. The number of nitrogens with zero attached hydrogens (tertiary/aromatic N) is 2. The molecule has 1 atom stereocenters. The molecule has 4 heteroatoms. The van der Waals surface area contributed by atoms with Gasteiger partial charge in [-0.1, -0.05) is 6.92 Å². The van der Waals surface area contributed by atoms with Crippen LogP contribution in [0.5, 0.6) is 0 Å². The average molecular weight is 250 g/mol. The molecule has 1 saturated heterocycles. The van der Waals surface area contributed by atoms with E-state index < -0.39 is 5.97 Å². The predicted molar refractivity (Wildman–Crippen MR) is 71.0 cm³/mol. The number of carboxylic acids is 1. The van der Waals surface area contributed by atoms with Crippen molar-refractivity contribution < 1.29 is 9.90 Å². The number of hydrogen-bond acceptors (Lipinski definition) is 2. The van der Waals surface area contributed by atoms with E-state index in [-0.39, 0.29) is 0 Å². The number of carbonyl (C=O) groups is 1. The van der Waals surface area contributed by atoms with E-state index in [0.717, 1.165) is 25.9 Å². The van der Waals surface area contributed by atoms with Gasteiger partial charge in [-0.05, 0) is 38.3 Å². The maximum Gasteiger partial charge on any atom is 0.352 e. The van der Waals surface area contributed by atoms with Crippen LogP contribution in [0.3, 0.4) is 0 Å². The summed E-state index contributed by atoms with van der Waals surface area (Å²) >= 11 is 0. The molecule has 0 radical (unpaired) electrons. The van der Waals surface area contributed by atoms with E-state index in [9.17, 15) is 4.79 Å². The van der Waals surface area contributed by atoms with Crippen LogP contribution in [0, 0.1) is 0 Å². The van der Waals surface area contributed by atoms with Crippen molar-refractivity contribution in [1.29, 1.82) is 0 Å². The lowest BCUT2D eigenvalue weighted by molar-refractivity contribution is 0.0675. The standard InChI is InChI=1S/C14H22N2O2/c1-3-11(2)15-9-6-12(7-10-15)16-8-4-5-13(16)14(17)18/h4-5,8,11-12H,3,6-7,9-10H2,1-2H3,(H,17,18). The molecular formula is C14H22N2O2. The van der Waals surface area contributed by atoms with Crippen LogP contribution >= 0.6 is 0 Å². The first-order chi connectivity index (χ1) is 8.63. The number of hydrogen-bond donors (Lipinski definition) is 1. The first kappa shape index (κ1) is 13.1. The number of piperidine rings is 1. The first-order valence-corrected chi connectivity index (χ1v) is 6.77. The summed E-state index contributed by atoms with van der Waals surface area (Å²) in [7, 11) is 0. The molecule has 1 unspecified atom stereocenters. The monoisotopic (exact) mass is 250 g/mol. The highest BCUT2D eigenvalue weighted by atomic mass is 16.4. The number of carboxylic acid groups (broad SMARTS) is 1. The second-order valence-electron chi connectivity index (χ2n) is 5.13. The van der Waals surface area contributed by atoms with E-state index in [2.05, 4.69) is 18.7 Å². The summed E-state index contributed by atoms with van der Waals surface area (Å²) in [6.45, 7) is 6.61. The molecule has 18 heavy (non-hydrogen) atoms. The van der Waals surface area contributed by atoms with Crippen molar-refractivity contribution in [2.45, 2.75) is 45.2 Å². The van der Waals surface area contributed by atoms with Gasteiger partial charge in [0.1, 0.15) is 5.69 Å². The summed E-state index contributed by atoms with van der Waals surface area (Å²) in [5.41, 5.74) is 0.414. The smallest absolute Gasteiger partial charge is 0.352 e. The largest absolute Gasteiger partial charge is 0.477 e. The number of aromatic nitrogens is 1. The number of likely N-dealkylation sites (tertiary alicyclic amines) is 1. The summed E-state index contributed by atoms with van der Waals surface area (Å²) in [5, 5.41) is 9.13. The van der Waals surface area contributed by atoms with Crippen LogP contribution in [0.25, 0.3) is 0 Å². The fourth-order valence-corrected chi connectivity index (χ4v) is 2.76. The average Bonchev–Trinajstić information content (AvgIpc) is 2.87. The number of rotatable bonds is 4. The molecule has 0 spiro atoms. The zero-order valence-electron chi connectivity index (χ0n) is 11.2. The highest BCUT2D eigenvalue weighted by Crippen LogP contribution is 2.26. The van der Waals surface area contributed by atoms with Crippen LogP contribution in [-0.4, -0.2) is 39.7 Å². The van der Waals surface area contributed by atoms with Gasteiger partial charge in [0, 0.05) is 31.4 Å². The van der Waals surface area contributed by atoms with Crippen LogP contribution in [-0.2, 0) is 0 Å². The zero-order valence-corrected chi connectivity index (χ0v) is 11.2. The van der Waals surface area contributed by atoms with Crippen molar-refractivity contribution in [3.8, 4) is 0 Å². The molecule has 100 valence electrons. The molecule has 0 bridgehead atoms. The molecule has 2 rings (SSSR count). The van der Waals surface area contributed by atoms with Crippen molar-refractivity contribution in [3.63, 3.8) is 0 Å². The Kier molecular flexibility index (Phi) is 4.07. The van der Waals surface area contributed by atoms with Gasteiger partial charge in [-0.3, -0.25) is 0 Å². The zero-order chi connectivity index (χ0) is 13.1. The second-order valence-corrected chi connectivity index (χ2v) is 5.13. The Hall–Kier alpha value is -1.29. The topological polar surface area (TPSA) is 45.5 Å². The van der Waals surface area contributed by atoms with Gasteiger partial charge in [0.2, 0.25) is 0 Å². The third-order valence-corrected chi connectivity index (χ3v) is 4.10. The lowest BCUT2D eigenvalue weighted by Crippen LogP contribution is -2.40. The molecule has 0 amide bonds. The molecule has 4 nitrogen and oxygen atoms in total. The van der Waals surface area contributed by atoms with Crippen LogP contribution < -0.4 is 0 Å². The van der Waals surface area contributed by atoms with Gasteiger partial charge in [-0.25, -0.2) is 4.79 Å². The lowest BCUT2D eigenvalue weighted by Gasteiger charge is -2.36. The highest BCUT2D eigenvalue weighted by molar-refractivity contribution is 5.85. The van der Waals surface area contributed by atoms with Crippen molar-refractivity contribution in [1.82, 2.24) is 9.47 Å². The van der Waals surface area contributed by atoms with Crippen LogP contribution in [0.4, 0.5) is 0 Å². The fourth-order valence-electron chi connectivity index (χ4n) is 2.76. The summed E-state index contributed by atoms with van der Waals surface area (Å²) in [6, 6.07) is 4.48. The Morgan fingerprint density at radius 2 is 2.17 bits per heavy atom. The van der Waals surface area contributed by atoms with Crippen LogP contribution in [0.15, 0.2) is 18.3 Å². The van der Waals surface area contributed by atoms with Gasteiger partial charge in [-0.15, -0.1) is 0 Å². The van der Waals surface area contributed by atoms with Gasteiger partial charge in [-0.2, -0.15) is 0 Å². The maximum atomic E-state index is 11.1. The lowest BCUT2D eigenvalue weighted by atomic mass is 10.0. The van der Waals surface area contributed by atoms with Crippen LogP contribution in [0.1, 0.15) is 49.6 Å². The minimum atomic E-state index is -0.829. The molecule has 1 fully saturated rings. The van der Waals surface area contributed by atoms with E-state index in [1.165, 1.54) is 6.42 Å². The summed E-state index contributed by atoms with van der Waals surface area (Å²) in [6.07, 6.45) is 5.15. The summed E-state index contributed by atoms with van der Waals surface area (Å²) in [5.74, 6) is -0.829. The quantitative estimate of drug-likeness (QED) is 0.893. The van der Waals surface area contributed by atoms with Crippen molar-refractivity contribution in [2.24, 2.45) is 0 Å². The third-order valence-electron chi connectivity index (χ3n) is 4.10. The Balaban J connectivity index is 2.01. The van der Waals surface area contributed by atoms with Gasteiger partial charge in [0.05, 0.1) is 0 Å². The minimum Gasteiger partial charge on any atom is -0.477 e. The SMILES string of the molecule is CCC(C)N1CCC(n2cccc2C(=O)O)CC1. The molecule has 0 aliphatic carbocycles. The molecule has 0 aromatic carbocycles. The molecule has 0 saturated carbocycles. The third kappa shape index (κ3) is 2.58. The van der Waals surface area contributed by atoms with E-state index in [0.29, 0.717) is 17.8 Å². The molecule has 1 aromatic heterocycles. The maximum absolute atomic E-state index is 11.1. The highest BCUT2D eigenvalue weighted by Gasteiger charge is 2.24.